The molecule has 0 fully saturated rings. The Hall–Kier alpha value is -2.08. The molecular weight excluding hydrogens is 248 g/mol. The van der Waals surface area contributed by atoms with Crippen LogP contribution in [0.15, 0.2) is 24.3 Å². The first kappa shape index (κ1) is 15.0. The molecule has 0 aliphatic carbocycles. The number of benzene rings is 1. The molecule has 0 aromatic heterocycles. The number of rotatable bonds is 7. The van der Waals surface area contributed by atoms with Crippen molar-refractivity contribution in [1.29, 1.82) is 0 Å². The average molecular weight is 266 g/mol. The number of hydrogen-bond donors (Lipinski definition) is 3. The van der Waals surface area contributed by atoms with Crippen LogP contribution in [0.3, 0.4) is 0 Å². The van der Waals surface area contributed by atoms with E-state index in [0.29, 0.717) is 12.2 Å². The predicted molar refractivity (Wildman–Crippen MR) is 70.4 cm³/mol. The van der Waals surface area contributed by atoms with Crippen molar-refractivity contribution in [3.63, 3.8) is 0 Å². The third-order valence-electron chi connectivity index (χ3n) is 2.54. The van der Waals surface area contributed by atoms with Crippen molar-refractivity contribution in [2.45, 2.75) is 25.9 Å². The van der Waals surface area contributed by atoms with E-state index >= 15 is 0 Å². The van der Waals surface area contributed by atoms with Gasteiger partial charge in [0, 0.05) is 12.2 Å². The number of nitrogens with two attached hydrogens (primary N) is 1. The number of carboxylic acids is 1. The lowest BCUT2D eigenvalue weighted by Crippen LogP contribution is -2.39. The topological polar surface area (TPSA) is 102 Å². The van der Waals surface area contributed by atoms with E-state index in [9.17, 15) is 9.59 Å². The highest BCUT2D eigenvalue weighted by Gasteiger charge is 2.22. The lowest BCUT2D eigenvalue weighted by Gasteiger charge is -2.16. The molecule has 0 saturated heterocycles. The van der Waals surface area contributed by atoms with Gasteiger partial charge in [-0.25, -0.2) is 0 Å². The highest BCUT2D eigenvalue weighted by molar-refractivity contribution is 5.82. The Kier molecular flexibility index (Phi) is 5.81. The van der Waals surface area contributed by atoms with Gasteiger partial charge in [-0.3, -0.25) is 14.9 Å². The third-order valence-corrected chi connectivity index (χ3v) is 2.54. The first-order chi connectivity index (χ1) is 9.04. The van der Waals surface area contributed by atoms with Gasteiger partial charge < -0.3 is 15.6 Å². The van der Waals surface area contributed by atoms with Crippen molar-refractivity contribution in [3.8, 4) is 0 Å². The van der Waals surface area contributed by atoms with Crippen LogP contribution in [-0.2, 0) is 20.9 Å². The summed E-state index contributed by atoms with van der Waals surface area (Å²) in [6.45, 7) is 2.19. The second kappa shape index (κ2) is 7.38. The van der Waals surface area contributed by atoms with Crippen LogP contribution in [0.2, 0.25) is 0 Å². The molecule has 0 radical (unpaired) electrons. The fourth-order valence-electron chi connectivity index (χ4n) is 1.58. The standard InChI is InChI=1S/C13H18N2O4/c1-2-19-13(18)11(7-12(16)17)15-8-9-5-3-4-6-10(9)14/h3-6,11,15H,2,7-8,14H2,1H3,(H,16,17). The predicted octanol–water partition coefficient (Wildman–Crippen LogP) is 0.765. The Morgan fingerprint density at radius 1 is 1.42 bits per heavy atom. The van der Waals surface area contributed by atoms with Crippen LogP contribution in [0, 0.1) is 0 Å². The zero-order valence-electron chi connectivity index (χ0n) is 10.8. The molecule has 1 rings (SSSR count). The molecule has 0 aliphatic rings. The number of carboxylic acid groups (broad SMARTS) is 1. The molecule has 1 atom stereocenters. The second-order valence-electron chi connectivity index (χ2n) is 3.98. The fourth-order valence-corrected chi connectivity index (χ4v) is 1.58. The minimum Gasteiger partial charge on any atom is -0.481 e. The van der Waals surface area contributed by atoms with Gasteiger partial charge in [-0.2, -0.15) is 0 Å². The number of esters is 1. The molecule has 6 heteroatoms. The number of nitrogens with one attached hydrogen (secondary N) is 1. The molecule has 0 bridgehead atoms. The maximum absolute atomic E-state index is 11.6. The van der Waals surface area contributed by atoms with Gasteiger partial charge in [0.2, 0.25) is 0 Å². The molecule has 0 heterocycles. The van der Waals surface area contributed by atoms with Crippen molar-refractivity contribution >= 4 is 17.6 Å². The first-order valence-corrected chi connectivity index (χ1v) is 5.99. The maximum atomic E-state index is 11.6. The van der Waals surface area contributed by atoms with E-state index in [1.807, 2.05) is 12.1 Å². The number of nitrogen functional groups attached to an aromatic ring is 1. The molecule has 1 aromatic rings. The summed E-state index contributed by atoms with van der Waals surface area (Å²) in [6.07, 6.45) is -0.328. The van der Waals surface area contributed by atoms with E-state index in [0.717, 1.165) is 5.56 Å². The van der Waals surface area contributed by atoms with Gasteiger partial charge in [-0.15, -0.1) is 0 Å². The minimum absolute atomic E-state index is 0.212. The molecule has 6 nitrogen and oxygen atoms in total. The SMILES string of the molecule is CCOC(=O)C(CC(=O)O)NCc1ccccc1N. The van der Waals surface area contributed by atoms with Crippen LogP contribution >= 0.6 is 0 Å². The van der Waals surface area contributed by atoms with Gasteiger partial charge in [0.05, 0.1) is 13.0 Å². The molecule has 0 saturated carbocycles. The monoisotopic (exact) mass is 266 g/mol. The van der Waals surface area contributed by atoms with Crippen LogP contribution in [0.4, 0.5) is 5.69 Å². The van der Waals surface area contributed by atoms with Crippen molar-refractivity contribution in [2.24, 2.45) is 0 Å². The van der Waals surface area contributed by atoms with E-state index < -0.39 is 18.0 Å². The Balaban J connectivity index is 2.65. The Morgan fingerprint density at radius 3 is 2.68 bits per heavy atom. The van der Waals surface area contributed by atoms with Gasteiger partial charge in [-0.1, -0.05) is 18.2 Å². The van der Waals surface area contributed by atoms with Crippen molar-refractivity contribution < 1.29 is 19.4 Å². The van der Waals surface area contributed by atoms with Crippen molar-refractivity contribution in [3.05, 3.63) is 29.8 Å². The summed E-state index contributed by atoms with van der Waals surface area (Å²) in [7, 11) is 0. The summed E-state index contributed by atoms with van der Waals surface area (Å²) in [5.74, 6) is -1.63. The van der Waals surface area contributed by atoms with Crippen LogP contribution in [0.1, 0.15) is 18.9 Å². The lowest BCUT2D eigenvalue weighted by molar-refractivity contribution is -0.150. The summed E-state index contributed by atoms with van der Waals surface area (Å²) in [6, 6.07) is 6.30. The van der Waals surface area contributed by atoms with Gasteiger partial charge in [-0.05, 0) is 18.6 Å². The molecule has 0 aliphatic heterocycles. The smallest absolute Gasteiger partial charge is 0.323 e. The molecule has 4 N–H and O–H groups in total. The van der Waals surface area contributed by atoms with Crippen LogP contribution < -0.4 is 11.1 Å². The Labute approximate surface area is 111 Å². The van der Waals surface area contributed by atoms with E-state index in [4.69, 9.17) is 15.6 Å². The quantitative estimate of drug-likeness (QED) is 0.497. The van der Waals surface area contributed by atoms with E-state index in [2.05, 4.69) is 5.32 Å². The van der Waals surface area contributed by atoms with E-state index in [1.165, 1.54) is 0 Å². The molecule has 0 spiro atoms. The number of anilines is 1. The van der Waals surface area contributed by atoms with Crippen molar-refractivity contribution in [2.75, 3.05) is 12.3 Å². The molecule has 104 valence electrons. The van der Waals surface area contributed by atoms with Gasteiger partial charge >= 0.3 is 11.9 Å². The summed E-state index contributed by atoms with van der Waals surface area (Å²) in [5.41, 5.74) is 7.17. The zero-order valence-corrected chi connectivity index (χ0v) is 10.8. The summed E-state index contributed by atoms with van der Waals surface area (Å²) < 4.78 is 4.83. The second-order valence-corrected chi connectivity index (χ2v) is 3.98. The molecule has 19 heavy (non-hydrogen) atoms. The van der Waals surface area contributed by atoms with Crippen LogP contribution in [0.25, 0.3) is 0 Å². The fraction of sp³-hybridized carbons (Fsp3) is 0.385. The number of hydrogen-bond acceptors (Lipinski definition) is 5. The summed E-state index contributed by atoms with van der Waals surface area (Å²) >= 11 is 0. The normalized spacial score (nSPS) is 11.8. The third kappa shape index (κ3) is 4.97. The average Bonchev–Trinajstić information content (AvgIpc) is 2.36. The Morgan fingerprint density at radius 2 is 2.11 bits per heavy atom. The number of carbonyl (C=O) groups excluding carboxylic acids is 1. The van der Waals surface area contributed by atoms with Crippen LogP contribution in [-0.4, -0.2) is 29.7 Å². The highest BCUT2D eigenvalue weighted by Crippen LogP contribution is 2.10. The van der Waals surface area contributed by atoms with Gasteiger partial charge in [0.25, 0.3) is 0 Å². The number of ether oxygens (including phenoxy) is 1. The largest absolute Gasteiger partial charge is 0.481 e. The first-order valence-electron chi connectivity index (χ1n) is 5.99. The van der Waals surface area contributed by atoms with Crippen LogP contribution in [0.5, 0.6) is 0 Å². The highest BCUT2D eigenvalue weighted by atomic mass is 16.5. The zero-order chi connectivity index (χ0) is 14.3. The van der Waals surface area contributed by atoms with Crippen molar-refractivity contribution in [1.82, 2.24) is 5.32 Å². The number of carbonyl (C=O) groups is 2. The number of para-hydroxylation sites is 1. The molecule has 1 aromatic carbocycles. The molecule has 0 amide bonds. The van der Waals surface area contributed by atoms with E-state index in [1.54, 1.807) is 19.1 Å². The number of aliphatic carboxylic acids is 1. The molecular formula is C13H18N2O4. The van der Waals surface area contributed by atoms with E-state index in [-0.39, 0.29) is 13.0 Å². The summed E-state index contributed by atoms with van der Waals surface area (Å²) in [5, 5.41) is 11.6. The van der Waals surface area contributed by atoms with Gasteiger partial charge in [0.1, 0.15) is 6.04 Å². The van der Waals surface area contributed by atoms with Gasteiger partial charge in [0.15, 0.2) is 0 Å². The lowest BCUT2D eigenvalue weighted by atomic mass is 10.1. The minimum atomic E-state index is -1.06. The molecule has 1 unspecified atom stereocenters. The maximum Gasteiger partial charge on any atom is 0.323 e. The Bertz CT molecular complexity index is 448. The summed E-state index contributed by atoms with van der Waals surface area (Å²) in [4.78, 5) is 22.3.